The third-order valence-corrected chi connectivity index (χ3v) is 8.14. The van der Waals surface area contributed by atoms with E-state index in [2.05, 4.69) is 34.0 Å². The number of aryl methyl sites for hydroxylation is 3. The summed E-state index contributed by atoms with van der Waals surface area (Å²) in [5.41, 5.74) is 5.83. The van der Waals surface area contributed by atoms with Crippen LogP contribution in [0.5, 0.6) is 0 Å². The highest BCUT2D eigenvalue weighted by molar-refractivity contribution is 6.30. The summed E-state index contributed by atoms with van der Waals surface area (Å²) in [5.74, 6) is 0.361. The highest BCUT2D eigenvalue weighted by Crippen LogP contribution is 2.37. The van der Waals surface area contributed by atoms with E-state index in [1.165, 1.54) is 11.1 Å². The summed E-state index contributed by atoms with van der Waals surface area (Å²) in [5, 5.41) is 14.3. The monoisotopic (exact) mass is 628 g/mol. The van der Waals surface area contributed by atoms with Crippen molar-refractivity contribution in [2.45, 2.75) is 40.7 Å². The van der Waals surface area contributed by atoms with E-state index in [1.807, 2.05) is 52.1 Å². The molecular weight excluding hydrogens is 588 g/mol. The van der Waals surface area contributed by atoms with Gasteiger partial charge in [-0.05, 0) is 98.6 Å². The van der Waals surface area contributed by atoms with Crippen molar-refractivity contribution >= 4 is 41.1 Å². The Hall–Kier alpha value is -4.47. The number of carbonyl (C=O) groups excluding carboxylic acids is 1. The molecule has 2 N–H and O–H groups in total. The topological polar surface area (TPSA) is 102 Å². The van der Waals surface area contributed by atoms with Crippen molar-refractivity contribution in [2.75, 3.05) is 43.4 Å². The van der Waals surface area contributed by atoms with Gasteiger partial charge in [0.2, 0.25) is 5.95 Å². The first-order chi connectivity index (χ1) is 21.5. The molecule has 1 unspecified atom stereocenters. The molecule has 4 rings (SSSR count). The number of anilines is 3. The number of rotatable bonds is 12. The highest BCUT2D eigenvalue weighted by atomic mass is 35.5. The van der Waals surface area contributed by atoms with Gasteiger partial charge in [0.15, 0.2) is 0 Å². The Kier molecular flexibility index (Phi) is 11.1. The quantitative estimate of drug-likeness (QED) is 0.168. The third kappa shape index (κ3) is 8.17. The van der Waals surface area contributed by atoms with Crippen LogP contribution in [0.15, 0.2) is 72.9 Å². The minimum Gasteiger partial charge on any atom is -0.465 e. The predicted molar refractivity (Wildman–Crippen MR) is 181 cm³/mol. The maximum atomic E-state index is 13.0. The molecule has 0 bridgehead atoms. The van der Waals surface area contributed by atoms with Crippen LogP contribution in [0.3, 0.4) is 0 Å². The lowest BCUT2D eigenvalue weighted by Gasteiger charge is -2.32. The Morgan fingerprint density at radius 1 is 0.933 bits per heavy atom. The summed E-state index contributed by atoms with van der Waals surface area (Å²) < 4.78 is 0. The lowest BCUT2D eigenvalue weighted by molar-refractivity contribution is 0.0779. The van der Waals surface area contributed by atoms with E-state index in [-0.39, 0.29) is 17.7 Å². The maximum Gasteiger partial charge on any atom is 0.413 e. The van der Waals surface area contributed by atoms with Crippen molar-refractivity contribution in [1.29, 1.82) is 0 Å². The van der Waals surface area contributed by atoms with Gasteiger partial charge in [-0.1, -0.05) is 55.3 Å². The normalized spacial score (nSPS) is 11.7. The number of nitrogens with one attached hydrogen (secondary N) is 1. The van der Waals surface area contributed by atoms with Crippen LogP contribution in [-0.4, -0.2) is 70.1 Å². The number of hydrogen-bond acceptors (Lipinski definition) is 6. The molecule has 0 saturated heterocycles. The molecule has 0 fully saturated rings. The largest absolute Gasteiger partial charge is 0.465 e. The molecule has 236 valence electrons. The molecule has 45 heavy (non-hydrogen) atoms. The van der Waals surface area contributed by atoms with Crippen LogP contribution in [0.2, 0.25) is 5.02 Å². The second kappa shape index (κ2) is 15.0. The van der Waals surface area contributed by atoms with Crippen molar-refractivity contribution in [1.82, 2.24) is 19.8 Å². The Morgan fingerprint density at radius 3 is 2.20 bits per heavy atom. The number of amides is 2. The summed E-state index contributed by atoms with van der Waals surface area (Å²) in [7, 11) is 1.81. The smallest absolute Gasteiger partial charge is 0.413 e. The molecule has 1 heterocycles. The van der Waals surface area contributed by atoms with Crippen LogP contribution >= 0.6 is 11.6 Å². The zero-order valence-corrected chi connectivity index (χ0v) is 27.5. The number of aromatic nitrogens is 2. The van der Waals surface area contributed by atoms with Crippen molar-refractivity contribution in [3.05, 3.63) is 111 Å². The minimum atomic E-state index is -1.17. The molecule has 4 aromatic rings. The van der Waals surface area contributed by atoms with Crippen LogP contribution in [0.25, 0.3) is 0 Å². The van der Waals surface area contributed by atoms with Gasteiger partial charge in [-0.15, -0.1) is 0 Å². The van der Waals surface area contributed by atoms with Crippen LogP contribution in [0.4, 0.5) is 22.2 Å². The van der Waals surface area contributed by atoms with Crippen molar-refractivity contribution in [2.24, 2.45) is 0 Å². The summed E-state index contributed by atoms with van der Waals surface area (Å²) in [4.78, 5) is 40.1. The van der Waals surface area contributed by atoms with E-state index in [0.717, 1.165) is 47.5 Å². The first-order valence-corrected chi connectivity index (χ1v) is 15.4. The summed E-state index contributed by atoms with van der Waals surface area (Å²) in [6, 6.07) is 19.3. The van der Waals surface area contributed by atoms with Gasteiger partial charge in [0.25, 0.3) is 5.91 Å². The second-order valence-electron chi connectivity index (χ2n) is 11.1. The van der Waals surface area contributed by atoms with Gasteiger partial charge in [0.1, 0.15) is 5.82 Å². The Morgan fingerprint density at radius 2 is 1.60 bits per heavy atom. The Labute approximate surface area is 270 Å². The number of nitrogens with zero attached hydrogens (tertiary/aromatic N) is 5. The van der Waals surface area contributed by atoms with Gasteiger partial charge < -0.3 is 20.2 Å². The summed E-state index contributed by atoms with van der Waals surface area (Å²) >= 11 is 6.39. The van der Waals surface area contributed by atoms with Gasteiger partial charge in [0.05, 0.1) is 6.04 Å². The molecule has 0 aliphatic carbocycles. The van der Waals surface area contributed by atoms with E-state index < -0.39 is 12.1 Å². The first kappa shape index (κ1) is 33.4. The van der Waals surface area contributed by atoms with E-state index in [4.69, 9.17) is 11.6 Å². The summed E-state index contributed by atoms with van der Waals surface area (Å²) in [6.45, 7) is 13.5. The molecule has 1 atom stereocenters. The van der Waals surface area contributed by atoms with E-state index >= 15 is 0 Å². The molecule has 9 nitrogen and oxygen atoms in total. The van der Waals surface area contributed by atoms with Gasteiger partial charge in [-0.25, -0.2) is 14.7 Å². The van der Waals surface area contributed by atoms with Crippen molar-refractivity contribution in [3.63, 3.8) is 0 Å². The third-order valence-electron chi connectivity index (χ3n) is 7.91. The van der Waals surface area contributed by atoms with Gasteiger partial charge in [-0.2, -0.15) is 4.98 Å². The second-order valence-corrected chi connectivity index (χ2v) is 11.6. The molecule has 0 saturated carbocycles. The van der Waals surface area contributed by atoms with Gasteiger partial charge in [-0.3, -0.25) is 4.79 Å². The molecule has 0 spiro atoms. The minimum absolute atomic E-state index is 0.0576. The zero-order chi connectivity index (χ0) is 32.7. The van der Waals surface area contributed by atoms with Gasteiger partial charge >= 0.3 is 6.09 Å². The number of carboxylic acid groups (broad SMARTS) is 1. The molecule has 0 radical (unpaired) electrons. The SMILES string of the molecule is CCN(CC)CCN(C)C(=O)c1ccc(Nc2nccc(N(C(=O)O)C(c3cccc(Cl)c3)c3c(C)cc(C)cc3C)n2)cc1. The van der Waals surface area contributed by atoms with Gasteiger partial charge in [0, 0.05) is 42.6 Å². The number of benzene rings is 3. The standard InChI is InChI=1S/C35H41ClN6O3/c1-7-41(8-2)19-18-40(6)33(43)26-12-14-29(15-13-26)38-34-37-17-16-30(39-34)42(35(44)45)32(27-10-9-11-28(36)22-27)31-24(4)20-23(3)21-25(31)5/h9-17,20-22,32H,7-8,18-19H2,1-6H3,(H,44,45)(H,37,38,39). The highest BCUT2D eigenvalue weighted by Gasteiger charge is 2.32. The lowest BCUT2D eigenvalue weighted by atomic mass is 9.89. The molecule has 1 aromatic heterocycles. The van der Waals surface area contributed by atoms with Crippen molar-refractivity contribution in [3.8, 4) is 0 Å². The van der Waals surface area contributed by atoms with E-state index in [0.29, 0.717) is 22.8 Å². The van der Waals surface area contributed by atoms with Crippen LogP contribution in [0.1, 0.15) is 58.1 Å². The molecular formula is C35H41ClN6O3. The first-order valence-electron chi connectivity index (χ1n) is 15.1. The fraction of sp³-hybridized carbons (Fsp3) is 0.314. The average molecular weight is 629 g/mol. The number of halogens is 1. The fourth-order valence-corrected chi connectivity index (χ4v) is 5.81. The molecule has 0 aliphatic heterocycles. The predicted octanol–water partition coefficient (Wildman–Crippen LogP) is 7.49. The molecule has 0 aliphatic rings. The zero-order valence-electron chi connectivity index (χ0n) is 26.7. The maximum absolute atomic E-state index is 13.0. The lowest BCUT2D eigenvalue weighted by Crippen LogP contribution is -2.36. The van der Waals surface area contributed by atoms with Crippen LogP contribution in [0, 0.1) is 20.8 Å². The summed E-state index contributed by atoms with van der Waals surface area (Å²) in [6.07, 6.45) is 0.352. The number of hydrogen-bond donors (Lipinski definition) is 2. The molecule has 10 heteroatoms. The fourth-order valence-electron chi connectivity index (χ4n) is 5.61. The number of carbonyl (C=O) groups is 2. The molecule has 3 aromatic carbocycles. The average Bonchev–Trinajstić information content (AvgIpc) is 3.00. The van der Waals surface area contributed by atoms with E-state index in [1.54, 1.807) is 47.4 Å². The Bertz CT molecular complexity index is 1620. The Balaban J connectivity index is 1.62. The van der Waals surface area contributed by atoms with E-state index in [9.17, 15) is 14.7 Å². The van der Waals surface area contributed by atoms with Crippen LogP contribution in [-0.2, 0) is 0 Å². The number of likely N-dealkylation sites (N-methyl/N-ethyl adjacent to an activating group) is 2. The van der Waals surface area contributed by atoms with Crippen LogP contribution < -0.4 is 10.2 Å². The molecule has 2 amide bonds. The van der Waals surface area contributed by atoms with Crippen molar-refractivity contribution < 1.29 is 14.7 Å².